The summed E-state index contributed by atoms with van der Waals surface area (Å²) in [5, 5.41) is 0. The number of morpholine rings is 1. The van der Waals surface area contributed by atoms with E-state index < -0.39 is 0 Å². The Morgan fingerprint density at radius 2 is 1.87 bits per heavy atom. The lowest BCUT2D eigenvalue weighted by Crippen LogP contribution is -2.47. The van der Waals surface area contributed by atoms with E-state index in [2.05, 4.69) is 38.9 Å². The number of aromatic nitrogens is 2. The van der Waals surface area contributed by atoms with Gasteiger partial charge < -0.3 is 24.0 Å². The minimum atomic E-state index is 0.394. The number of rotatable bonds is 5. The fourth-order valence-electron chi connectivity index (χ4n) is 4.58. The summed E-state index contributed by atoms with van der Waals surface area (Å²) in [7, 11) is 2.12. The summed E-state index contributed by atoms with van der Waals surface area (Å²) in [4.78, 5) is 16.5. The van der Waals surface area contributed by atoms with Crippen molar-refractivity contribution in [1.82, 2.24) is 14.9 Å². The van der Waals surface area contributed by atoms with Crippen molar-refractivity contribution in [2.24, 2.45) is 0 Å². The molecule has 1 aromatic carbocycles. The van der Waals surface area contributed by atoms with Gasteiger partial charge in [0.05, 0.1) is 13.2 Å². The van der Waals surface area contributed by atoms with Crippen LogP contribution in [0.2, 0.25) is 0 Å². The molecule has 0 spiro atoms. The molecule has 0 saturated carbocycles. The van der Waals surface area contributed by atoms with E-state index in [9.17, 15) is 0 Å². The second-order valence-corrected chi connectivity index (χ2v) is 8.43. The standard InChI is InChI=1S/C23H31N5O3/c1-26(23-24-7-6-22(25-23)28-9-11-29-12-10-28)19-3-2-8-27(17-19)16-18-4-5-20-21(15-18)31-14-13-30-20/h4-7,15,19H,2-3,8-14,16-17H2,1H3. The van der Waals surface area contributed by atoms with E-state index in [1.165, 1.54) is 12.0 Å². The topological polar surface area (TPSA) is 63.2 Å². The highest BCUT2D eigenvalue weighted by Crippen LogP contribution is 2.31. The molecular weight excluding hydrogens is 394 g/mol. The zero-order chi connectivity index (χ0) is 21.0. The van der Waals surface area contributed by atoms with Crippen molar-refractivity contribution in [2.75, 3.05) is 69.5 Å². The molecule has 3 aliphatic rings. The fraction of sp³-hybridized carbons (Fsp3) is 0.565. The van der Waals surface area contributed by atoms with Gasteiger partial charge in [0.25, 0.3) is 0 Å². The molecule has 8 nitrogen and oxygen atoms in total. The highest BCUT2D eigenvalue weighted by molar-refractivity contribution is 5.45. The van der Waals surface area contributed by atoms with Crippen molar-refractivity contribution in [2.45, 2.75) is 25.4 Å². The Morgan fingerprint density at radius 1 is 1.03 bits per heavy atom. The first-order chi connectivity index (χ1) is 15.3. The number of fused-ring (bicyclic) bond motifs is 1. The quantitative estimate of drug-likeness (QED) is 0.723. The van der Waals surface area contributed by atoms with Crippen LogP contribution in [-0.4, -0.2) is 80.6 Å². The molecule has 2 fully saturated rings. The van der Waals surface area contributed by atoms with Gasteiger partial charge in [0, 0.05) is 45.5 Å². The molecule has 0 aliphatic carbocycles. The normalized spacial score (nSPS) is 21.7. The van der Waals surface area contributed by atoms with Crippen LogP contribution in [0.15, 0.2) is 30.5 Å². The molecule has 0 bridgehead atoms. The second kappa shape index (κ2) is 9.28. The van der Waals surface area contributed by atoms with Crippen LogP contribution in [0.5, 0.6) is 11.5 Å². The monoisotopic (exact) mass is 425 g/mol. The number of benzene rings is 1. The van der Waals surface area contributed by atoms with Crippen molar-refractivity contribution in [3.05, 3.63) is 36.0 Å². The first-order valence-corrected chi connectivity index (χ1v) is 11.3. The third kappa shape index (κ3) is 4.70. The molecule has 2 saturated heterocycles. The number of hydrogen-bond acceptors (Lipinski definition) is 8. The summed E-state index contributed by atoms with van der Waals surface area (Å²) in [5.74, 6) is 3.51. The van der Waals surface area contributed by atoms with E-state index >= 15 is 0 Å². The minimum Gasteiger partial charge on any atom is -0.486 e. The van der Waals surface area contributed by atoms with Gasteiger partial charge in [0.15, 0.2) is 11.5 Å². The molecular formula is C23H31N5O3. The van der Waals surface area contributed by atoms with E-state index in [1.54, 1.807) is 0 Å². The van der Waals surface area contributed by atoms with Gasteiger partial charge in [-0.3, -0.25) is 4.90 Å². The molecule has 4 heterocycles. The van der Waals surface area contributed by atoms with Crippen molar-refractivity contribution in [3.63, 3.8) is 0 Å². The van der Waals surface area contributed by atoms with Crippen molar-refractivity contribution < 1.29 is 14.2 Å². The molecule has 0 radical (unpaired) electrons. The van der Waals surface area contributed by atoms with Gasteiger partial charge in [-0.1, -0.05) is 6.07 Å². The van der Waals surface area contributed by atoms with Gasteiger partial charge in [-0.05, 0) is 43.1 Å². The van der Waals surface area contributed by atoms with Gasteiger partial charge in [0.1, 0.15) is 19.0 Å². The van der Waals surface area contributed by atoms with Crippen LogP contribution >= 0.6 is 0 Å². The SMILES string of the molecule is CN(c1nccc(N2CCOCC2)n1)C1CCCN(Cc2ccc3c(c2)OCCO3)C1. The third-order valence-electron chi connectivity index (χ3n) is 6.32. The first-order valence-electron chi connectivity index (χ1n) is 11.3. The third-order valence-corrected chi connectivity index (χ3v) is 6.32. The lowest BCUT2D eigenvalue weighted by Gasteiger charge is -2.38. The predicted molar refractivity (Wildman–Crippen MR) is 119 cm³/mol. The lowest BCUT2D eigenvalue weighted by molar-refractivity contribution is 0.122. The smallest absolute Gasteiger partial charge is 0.227 e. The second-order valence-electron chi connectivity index (χ2n) is 8.43. The molecule has 166 valence electrons. The Bertz CT molecular complexity index is 889. The molecule has 1 aromatic heterocycles. The fourth-order valence-corrected chi connectivity index (χ4v) is 4.58. The van der Waals surface area contributed by atoms with Gasteiger partial charge in [0.2, 0.25) is 5.95 Å². The van der Waals surface area contributed by atoms with Crippen LogP contribution in [0.1, 0.15) is 18.4 Å². The molecule has 3 aliphatic heterocycles. The number of nitrogens with zero attached hydrogens (tertiary/aromatic N) is 5. The maximum absolute atomic E-state index is 5.75. The van der Waals surface area contributed by atoms with E-state index in [1.807, 2.05) is 18.3 Å². The van der Waals surface area contributed by atoms with E-state index in [4.69, 9.17) is 19.2 Å². The summed E-state index contributed by atoms with van der Waals surface area (Å²) in [6.07, 6.45) is 4.20. The number of likely N-dealkylation sites (tertiary alicyclic amines) is 1. The number of likely N-dealkylation sites (N-methyl/N-ethyl adjacent to an activating group) is 1. The van der Waals surface area contributed by atoms with Gasteiger partial charge in [-0.15, -0.1) is 0 Å². The Balaban J connectivity index is 1.24. The molecule has 2 aromatic rings. The van der Waals surface area contributed by atoms with Crippen molar-refractivity contribution in [3.8, 4) is 11.5 Å². The zero-order valence-corrected chi connectivity index (χ0v) is 18.2. The summed E-state index contributed by atoms with van der Waals surface area (Å²) in [5.41, 5.74) is 1.26. The number of anilines is 2. The predicted octanol–water partition coefficient (Wildman–Crippen LogP) is 2.19. The van der Waals surface area contributed by atoms with Crippen LogP contribution in [0.3, 0.4) is 0 Å². The Morgan fingerprint density at radius 3 is 2.74 bits per heavy atom. The van der Waals surface area contributed by atoms with Crippen molar-refractivity contribution >= 4 is 11.8 Å². The summed E-state index contributed by atoms with van der Waals surface area (Å²) in [6, 6.07) is 8.69. The highest BCUT2D eigenvalue weighted by atomic mass is 16.6. The van der Waals surface area contributed by atoms with E-state index in [0.717, 1.165) is 75.6 Å². The van der Waals surface area contributed by atoms with Crippen LogP contribution < -0.4 is 19.3 Å². The van der Waals surface area contributed by atoms with E-state index in [0.29, 0.717) is 19.3 Å². The summed E-state index contributed by atoms with van der Waals surface area (Å²) >= 11 is 0. The molecule has 8 heteroatoms. The maximum atomic E-state index is 5.75. The summed E-state index contributed by atoms with van der Waals surface area (Å²) < 4.78 is 16.9. The first kappa shape index (κ1) is 20.3. The summed E-state index contributed by atoms with van der Waals surface area (Å²) in [6.45, 7) is 7.54. The van der Waals surface area contributed by atoms with Crippen LogP contribution in [0, 0.1) is 0 Å². The number of piperidine rings is 1. The molecule has 31 heavy (non-hydrogen) atoms. The minimum absolute atomic E-state index is 0.394. The Hall–Kier alpha value is -2.58. The van der Waals surface area contributed by atoms with Gasteiger partial charge >= 0.3 is 0 Å². The molecule has 5 rings (SSSR count). The number of hydrogen-bond donors (Lipinski definition) is 0. The van der Waals surface area contributed by atoms with Crippen LogP contribution in [0.4, 0.5) is 11.8 Å². The van der Waals surface area contributed by atoms with Gasteiger partial charge in [-0.2, -0.15) is 4.98 Å². The Kier molecular flexibility index (Phi) is 6.08. The maximum Gasteiger partial charge on any atom is 0.227 e. The molecule has 1 atom stereocenters. The molecule has 1 unspecified atom stereocenters. The zero-order valence-electron chi connectivity index (χ0n) is 18.2. The van der Waals surface area contributed by atoms with E-state index in [-0.39, 0.29) is 0 Å². The largest absolute Gasteiger partial charge is 0.486 e. The lowest BCUT2D eigenvalue weighted by atomic mass is 10.0. The van der Waals surface area contributed by atoms with Crippen LogP contribution in [0.25, 0.3) is 0 Å². The van der Waals surface area contributed by atoms with Gasteiger partial charge in [-0.25, -0.2) is 4.98 Å². The number of ether oxygens (including phenoxy) is 3. The van der Waals surface area contributed by atoms with Crippen LogP contribution in [-0.2, 0) is 11.3 Å². The Labute approximate surface area is 183 Å². The van der Waals surface area contributed by atoms with Crippen molar-refractivity contribution in [1.29, 1.82) is 0 Å². The average molecular weight is 426 g/mol. The highest BCUT2D eigenvalue weighted by Gasteiger charge is 2.26. The molecule has 0 amide bonds. The molecule has 0 N–H and O–H groups in total. The average Bonchev–Trinajstić information content (AvgIpc) is 2.84.